The Morgan fingerprint density at radius 1 is 0.889 bits per heavy atom. The number of hydrogen-bond acceptors (Lipinski definition) is 2. The van der Waals surface area contributed by atoms with Crippen molar-refractivity contribution in [3.63, 3.8) is 0 Å². The van der Waals surface area contributed by atoms with Crippen LogP contribution in [0.2, 0.25) is 0 Å². The molecule has 0 atom stereocenters. The Hall–Kier alpha value is -3.73. The average molecular weight is 357 g/mol. The monoisotopic (exact) mass is 357 g/mol. The van der Waals surface area contributed by atoms with Crippen LogP contribution in [0.5, 0.6) is 5.75 Å². The minimum Gasteiger partial charge on any atom is -0.497 e. The summed E-state index contributed by atoms with van der Waals surface area (Å²) < 4.78 is 5.13. The van der Waals surface area contributed by atoms with Gasteiger partial charge in [-0.25, -0.2) is 4.79 Å². The fourth-order valence-electron chi connectivity index (χ4n) is 3.00. The third kappa shape index (κ3) is 3.62. The van der Waals surface area contributed by atoms with Crippen LogP contribution in [0.1, 0.15) is 0 Å². The van der Waals surface area contributed by atoms with Gasteiger partial charge in [-0.3, -0.25) is 0 Å². The third-order valence-corrected chi connectivity index (χ3v) is 4.34. The number of ether oxygens (including phenoxy) is 1. The van der Waals surface area contributed by atoms with Crippen LogP contribution in [-0.4, -0.2) is 18.1 Å². The summed E-state index contributed by atoms with van der Waals surface area (Å²) in [6.45, 7) is 0. The molecule has 2 amide bonds. The first kappa shape index (κ1) is 16.7. The number of fused-ring (bicyclic) bond motifs is 1. The van der Waals surface area contributed by atoms with Crippen LogP contribution in [0.15, 0.2) is 78.9 Å². The van der Waals surface area contributed by atoms with E-state index < -0.39 is 0 Å². The van der Waals surface area contributed by atoms with Gasteiger partial charge in [0, 0.05) is 27.8 Å². The lowest BCUT2D eigenvalue weighted by Crippen LogP contribution is -2.19. The van der Waals surface area contributed by atoms with E-state index >= 15 is 0 Å². The first-order valence-electron chi connectivity index (χ1n) is 8.62. The SMILES string of the molecule is COc1ccc(NC(=O)Nc2ccccc2-c2cc3ccccc3[nH]2)cc1. The van der Waals surface area contributed by atoms with E-state index in [1.807, 2.05) is 42.5 Å². The summed E-state index contributed by atoms with van der Waals surface area (Å²) in [6, 6.07) is 24.8. The Labute approximate surface area is 157 Å². The average Bonchev–Trinajstić information content (AvgIpc) is 3.13. The summed E-state index contributed by atoms with van der Waals surface area (Å²) in [5.41, 5.74) is 4.37. The van der Waals surface area contributed by atoms with Gasteiger partial charge in [-0.15, -0.1) is 0 Å². The molecule has 5 nitrogen and oxygen atoms in total. The fraction of sp³-hybridized carbons (Fsp3) is 0.0455. The number of para-hydroxylation sites is 2. The zero-order valence-corrected chi connectivity index (χ0v) is 14.8. The molecule has 3 aromatic carbocycles. The first-order valence-corrected chi connectivity index (χ1v) is 8.62. The zero-order valence-electron chi connectivity index (χ0n) is 14.8. The van der Waals surface area contributed by atoms with Crippen molar-refractivity contribution in [2.75, 3.05) is 17.7 Å². The molecule has 0 unspecified atom stereocenters. The van der Waals surface area contributed by atoms with Gasteiger partial charge in [-0.2, -0.15) is 0 Å². The van der Waals surface area contributed by atoms with Crippen molar-refractivity contribution in [3.05, 3.63) is 78.9 Å². The highest BCUT2D eigenvalue weighted by molar-refractivity contribution is 6.02. The minimum atomic E-state index is -0.302. The van der Waals surface area contributed by atoms with Crippen molar-refractivity contribution >= 4 is 28.3 Å². The zero-order chi connectivity index (χ0) is 18.6. The summed E-state index contributed by atoms with van der Waals surface area (Å²) in [6.07, 6.45) is 0. The van der Waals surface area contributed by atoms with Gasteiger partial charge in [0.1, 0.15) is 5.75 Å². The predicted molar refractivity (Wildman–Crippen MR) is 109 cm³/mol. The topological polar surface area (TPSA) is 66.2 Å². The summed E-state index contributed by atoms with van der Waals surface area (Å²) in [5.74, 6) is 0.741. The van der Waals surface area contributed by atoms with Crippen molar-refractivity contribution in [2.45, 2.75) is 0 Å². The van der Waals surface area contributed by atoms with Crippen molar-refractivity contribution < 1.29 is 9.53 Å². The van der Waals surface area contributed by atoms with Crippen LogP contribution >= 0.6 is 0 Å². The van der Waals surface area contributed by atoms with Gasteiger partial charge in [0.05, 0.1) is 12.8 Å². The van der Waals surface area contributed by atoms with Crippen molar-refractivity contribution in [1.82, 2.24) is 4.98 Å². The predicted octanol–water partition coefficient (Wildman–Crippen LogP) is 5.49. The molecule has 0 saturated carbocycles. The van der Waals surface area contributed by atoms with E-state index in [-0.39, 0.29) is 6.03 Å². The summed E-state index contributed by atoms with van der Waals surface area (Å²) in [7, 11) is 1.61. The van der Waals surface area contributed by atoms with Gasteiger partial charge in [0.15, 0.2) is 0 Å². The van der Waals surface area contributed by atoms with Gasteiger partial charge in [-0.05, 0) is 42.5 Å². The minimum absolute atomic E-state index is 0.302. The molecule has 0 aliphatic carbocycles. The maximum absolute atomic E-state index is 12.4. The Bertz CT molecular complexity index is 1050. The molecule has 5 heteroatoms. The Morgan fingerprint density at radius 3 is 2.41 bits per heavy atom. The van der Waals surface area contributed by atoms with Gasteiger partial charge in [0.25, 0.3) is 0 Å². The fourth-order valence-corrected chi connectivity index (χ4v) is 3.00. The number of amides is 2. The summed E-state index contributed by atoms with van der Waals surface area (Å²) in [5, 5.41) is 6.89. The van der Waals surface area contributed by atoms with Crippen molar-refractivity contribution in [1.29, 1.82) is 0 Å². The Kier molecular flexibility index (Phi) is 4.49. The number of anilines is 2. The number of rotatable bonds is 4. The van der Waals surface area contributed by atoms with Crippen LogP contribution < -0.4 is 15.4 Å². The summed E-state index contributed by atoms with van der Waals surface area (Å²) in [4.78, 5) is 15.8. The van der Waals surface area contributed by atoms with E-state index in [0.717, 1.165) is 33.6 Å². The smallest absolute Gasteiger partial charge is 0.323 e. The molecule has 27 heavy (non-hydrogen) atoms. The quantitative estimate of drug-likeness (QED) is 0.452. The number of aromatic nitrogens is 1. The first-order chi connectivity index (χ1) is 13.2. The van der Waals surface area contributed by atoms with E-state index in [0.29, 0.717) is 5.69 Å². The molecule has 134 valence electrons. The molecule has 0 bridgehead atoms. The van der Waals surface area contributed by atoms with E-state index in [1.165, 1.54) is 0 Å². The maximum atomic E-state index is 12.4. The number of aromatic amines is 1. The van der Waals surface area contributed by atoms with Gasteiger partial charge < -0.3 is 20.4 Å². The van der Waals surface area contributed by atoms with Gasteiger partial charge in [-0.1, -0.05) is 36.4 Å². The van der Waals surface area contributed by atoms with Crippen LogP contribution in [0.25, 0.3) is 22.2 Å². The third-order valence-electron chi connectivity index (χ3n) is 4.34. The van der Waals surface area contributed by atoms with Crippen LogP contribution in [-0.2, 0) is 0 Å². The molecule has 0 aliphatic rings. The van der Waals surface area contributed by atoms with Crippen molar-refractivity contribution in [2.24, 2.45) is 0 Å². The maximum Gasteiger partial charge on any atom is 0.323 e. The Balaban J connectivity index is 1.56. The van der Waals surface area contributed by atoms with Crippen LogP contribution in [0.4, 0.5) is 16.2 Å². The molecule has 0 radical (unpaired) electrons. The number of methoxy groups -OCH3 is 1. The lowest BCUT2D eigenvalue weighted by molar-refractivity contribution is 0.262. The normalized spacial score (nSPS) is 10.6. The number of carbonyl (C=O) groups is 1. The highest BCUT2D eigenvalue weighted by Crippen LogP contribution is 2.30. The Morgan fingerprint density at radius 2 is 1.63 bits per heavy atom. The number of carbonyl (C=O) groups excluding carboxylic acids is 1. The molecule has 0 fully saturated rings. The second-order valence-corrected chi connectivity index (χ2v) is 6.12. The number of urea groups is 1. The van der Waals surface area contributed by atoms with E-state index in [2.05, 4.69) is 27.8 Å². The summed E-state index contributed by atoms with van der Waals surface area (Å²) >= 11 is 0. The molecule has 0 aliphatic heterocycles. The van der Waals surface area contributed by atoms with E-state index in [4.69, 9.17) is 4.74 Å². The second-order valence-electron chi connectivity index (χ2n) is 6.12. The molecular weight excluding hydrogens is 338 g/mol. The van der Waals surface area contributed by atoms with E-state index in [9.17, 15) is 4.79 Å². The second kappa shape index (κ2) is 7.25. The highest BCUT2D eigenvalue weighted by Gasteiger charge is 2.10. The van der Waals surface area contributed by atoms with Crippen molar-refractivity contribution in [3.8, 4) is 17.0 Å². The molecule has 4 aromatic rings. The highest BCUT2D eigenvalue weighted by atomic mass is 16.5. The molecule has 1 heterocycles. The van der Waals surface area contributed by atoms with Crippen LogP contribution in [0, 0.1) is 0 Å². The standard InChI is InChI=1S/C22H19N3O2/c1-27-17-12-10-16(11-13-17)23-22(26)25-20-9-5-3-7-18(20)21-14-15-6-2-4-8-19(15)24-21/h2-14,24H,1H3,(H2,23,25,26). The lowest BCUT2D eigenvalue weighted by atomic mass is 10.1. The molecule has 0 spiro atoms. The molecule has 3 N–H and O–H groups in total. The number of H-pyrrole nitrogens is 1. The van der Waals surface area contributed by atoms with Crippen LogP contribution in [0.3, 0.4) is 0 Å². The number of nitrogens with one attached hydrogen (secondary N) is 3. The molecule has 0 saturated heterocycles. The van der Waals surface area contributed by atoms with Gasteiger partial charge >= 0.3 is 6.03 Å². The van der Waals surface area contributed by atoms with E-state index in [1.54, 1.807) is 31.4 Å². The number of hydrogen-bond donors (Lipinski definition) is 3. The number of benzene rings is 3. The molecule has 1 aromatic heterocycles. The largest absolute Gasteiger partial charge is 0.497 e. The lowest BCUT2D eigenvalue weighted by Gasteiger charge is -2.11. The molecular formula is C22H19N3O2. The molecule has 4 rings (SSSR count). The van der Waals surface area contributed by atoms with Gasteiger partial charge in [0.2, 0.25) is 0 Å².